The Morgan fingerprint density at radius 1 is 1.13 bits per heavy atom. The molecule has 0 saturated carbocycles. The minimum atomic E-state index is -4.53. The predicted molar refractivity (Wildman–Crippen MR) is 110 cm³/mol. The van der Waals surface area contributed by atoms with Crippen molar-refractivity contribution in [1.29, 1.82) is 0 Å². The zero-order valence-electron chi connectivity index (χ0n) is 17.3. The van der Waals surface area contributed by atoms with Crippen LogP contribution >= 0.6 is 0 Å². The van der Waals surface area contributed by atoms with Crippen molar-refractivity contribution in [2.75, 3.05) is 31.6 Å². The summed E-state index contributed by atoms with van der Waals surface area (Å²) in [5.74, 6) is 0.164. The molecule has 0 radical (unpaired) electrons. The molecule has 2 aliphatic rings. The molecule has 164 valence electrons. The monoisotopic (exact) mass is 432 g/mol. The Bertz CT molecular complexity index is 1120. The number of alkyl halides is 3. The minimum absolute atomic E-state index is 0.259. The Labute approximate surface area is 177 Å². The lowest BCUT2D eigenvalue weighted by molar-refractivity contribution is -0.137. The van der Waals surface area contributed by atoms with Gasteiger partial charge in [-0.2, -0.15) is 18.2 Å². The molecule has 31 heavy (non-hydrogen) atoms. The number of aryl methyl sites for hydroxylation is 1. The predicted octanol–water partition coefficient (Wildman–Crippen LogP) is 4.45. The number of pyridine rings is 1. The molecule has 2 atom stereocenters. The van der Waals surface area contributed by atoms with Gasteiger partial charge in [0.05, 0.1) is 11.3 Å². The molecule has 0 unspecified atom stereocenters. The van der Waals surface area contributed by atoms with Crippen LogP contribution in [0, 0.1) is 12.8 Å². The number of halogens is 3. The van der Waals surface area contributed by atoms with E-state index in [0.717, 1.165) is 44.6 Å². The summed E-state index contributed by atoms with van der Waals surface area (Å²) >= 11 is 0. The van der Waals surface area contributed by atoms with Gasteiger partial charge in [-0.3, -0.25) is 0 Å². The van der Waals surface area contributed by atoms with Crippen LogP contribution in [-0.2, 0) is 6.18 Å². The fourth-order valence-corrected chi connectivity index (χ4v) is 4.87. The summed E-state index contributed by atoms with van der Waals surface area (Å²) in [6.07, 6.45) is -2.26. The van der Waals surface area contributed by atoms with Gasteiger partial charge in [0.2, 0.25) is 5.65 Å². The first-order valence-corrected chi connectivity index (χ1v) is 10.3. The van der Waals surface area contributed by atoms with E-state index in [4.69, 9.17) is 4.42 Å². The topological polar surface area (TPSA) is 65.6 Å². The Morgan fingerprint density at radius 3 is 2.65 bits per heavy atom. The SMILES string of the molecule is Cc1cc(C(F)(F)F)cc(O)c1-c1ccc2oc(N3CC[C@@H]4CCN(C)C[C@@H]43)nc2n1. The molecule has 4 heterocycles. The van der Waals surface area contributed by atoms with E-state index < -0.39 is 17.5 Å². The molecule has 0 spiro atoms. The van der Waals surface area contributed by atoms with Gasteiger partial charge in [-0.25, -0.2) is 4.98 Å². The van der Waals surface area contributed by atoms with Crippen molar-refractivity contribution in [2.45, 2.75) is 32.0 Å². The molecular formula is C22H23F3N4O2. The quantitative estimate of drug-likeness (QED) is 0.645. The number of nitrogens with zero attached hydrogens (tertiary/aromatic N) is 4. The first kappa shape index (κ1) is 20.1. The average molecular weight is 432 g/mol. The highest BCUT2D eigenvalue weighted by atomic mass is 19.4. The van der Waals surface area contributed by atoms with E-state index in [2.05, 4.69) is 26.8 Å². The van der Waals surface area contributed by atoms with Crippen LogP contribution < -0.4 is 4.90 Å². The van der Waals surface area contributed by atoms with Crippen molar-refractivity contribution in [2.24, 2.45) is 5.92 Å². The number of aromatic nitrogens is 2. The number of phenols is 1. The van der Waals surface area contributed by atoms with Crippen molar-refractivity contribution >= 4 is 17.2 Å². The molecule has 2 fully saturated rings. The number of oxazole rings is 1. The van der Waals surface area contributed by atoms with Crippen molar-refractivity contribution in [3.8, 4) is 17.0 Å². The zero-order valence-corrected chi connectivity index (χ0v) is 17.3. The molecule has 0 bridgehead atoms. The standard InChI is InChI=1S/C22H23F3N4O2/c1-12-9-14(22(23,24)25)10-17(30)19(12)15-3-4-18-20(26-15)27-21(31-18)29-8-6-13-5-7-28(2)11-16(13)29/h3-4,9-10,13,16,30H,5-8,11H2,1-2H3/t13-,16-/m0/s1. The lowest BCUT2D eigenvalue weighted by atomic mass is 9.93. The Kier molecular flexibility index (Phi) is 4.62. The first-order valence-electron chi connectivity index (χ1n) is 10.3. The summed E-state index contributed by atoms with van der Waals surface area (Å²) in [7, 11) is 2.12. The van der Waals surface area contributed by atoms with E-state index in [9.17, 15) is 18.3 Å². The van der Waals surface area contributed by atoms with Crippen LogP contribution in [0.5, 0.6) is 5.75 Å². The van der Waals surface area contributed by atoms with Crippen LogP contribution in [0.2, 0.25) is 0 Å². The van der Waals surface area contributed by atoms with Crippen molar-refractivity contribution in [1.82, 2.24) is 14.9 Å². The fourth-order valence-electron chi connectivity index (χ4n) is 4.87. The van der Waals surface area contributed by atoms with Crippen LogP contribution in [0.4, 0.5) is 19.2 Å². The van der Waals surface area contributed by atoms with E-state index in [1.807, 2.05) is 0 Å². The van der Waals surface area contributed by atoms with Crippen LogP contribution in [0.3, 0.4) is 0 Å². The van der Waals surface area contributed by atoms with Crippen molar-refractivity contribution in [3.63, 3.8) is 0 Å². The van der Waals surface area contributed by atoms with Gasteiger partial charge < -0.3 is 19.3 Å². The number of anilines is 1. The second kappa shape index (κ2) is 7.12. The summed E-state index contributed by atoms with van der Waals surface area (Å²) < 4.78 is 45.1. The molecule has 1 N–H and O–H groups in total. The van der Waals surface area contributed by atoms with E-state index in [1.165, 1.54) is 6.92 Å². The molecule has 2 saturated heterocycles. The molecule has 2 aromatic heterocycles. The Morgan fingerprint density at radius 2 is 1.90 bits per heavy atom. The summed E-state index contributed by atoms with van der Waals surface area (Å²) in [5, 5.41) is 10.3. The van der Waals surface area contributed by atoms with Crippen LogP contribution in [-0.4, -0.2) is 52.7 Å². The van der Waals surface area contributed by atoms with E-state index in [1.54, 1.807) is 12.1 Å². The van der Waals surface area contributed by atoms with Gasteiger partial charge >= 0.3 is 6.18 Å². The van der Waals surface area contributed by atoms with Gasteiger partial charge in [0, 0.05) is 24.7 Å². The van der Waals surface area contributed by atoms with E-state index in [-0.39, 0.29) is 11.1 Å². The number of benzene rings is 1. The number of hydrogen-bond donors (Lipinski definition) is 1. The van der Waals surface area contributed by atoms with Gasteiger partial charge in [-0.1, -0.05) is 0 Å². The highest BCUT2D eigenvalue weighted by Crippen LogP contribution is 2.40. The fraction of sp³-hybridized carbons (Fsp3) is 0.455. The number of fused-ring (bicyclic) bond motifs is 2. The number of likely N-dealkylation sites (tertiary alicyclic amines) is 1. The maximum atomic E-state index is 13.0. The van der Waals surface area contributed by atoms with Crippen LogP contribution in [0.25, 0.3) is 22.5 Å². The number of aromatic hydroxyl groups is 1. The maximum absolute atomic E-state index is 13.0. The minimum Gasteiger partial charge on any atom is -0.507 e. The molecule has 1 aromatic carbocycles. The highest BCUT2D eigenvalue weighted by molar-refractivity contribution is 5.78. The normalized spacial score (nSPS) is 22.3. The second-order valence-corrected chi connectivity index (χ2v) is 8.56. The van der Waals surface area contributed by atoms with Gasteiger partial charge in [0.15, 0.2) is 5.58 Å². The average Bonchev–Trinajstić information content (AvgIpc) is 3.29. The summed E-state index contributed by atoms with van der Waals surface area (Å²) in [5.41, 5.74) is 0.893. The third kappa shape index (κ3) is 3.50. The lowest BCUT2D eigenvalue weighted by Crippen LogP contribution is -2.46. The van der Waals surface area contributed by atoms with Crippen molar-refractivity contribution in [3.05, 3.63) is 35.4 Å². The molecule has 0 amide bonds. The number of hydrogen-bond acceptors (Lipinski definition) is 6. The third-order valence-corrected chi connectivity index (χ3v) is 6.45. The third-order valence-electron chi connectivity index (χ3n) is 6.45. The van der Waals surface area contributed by atoms with Crippen molar-refractivity contribution < 1.29 is 22.7 Å². The maximum Gasteiger partial charge on any atom is 0.416 e. The van der Waals surface area contributed by atoms with Crippen LogP contribution in [0.15, 0.2) is 28.7 Å². The van der Waals surface area contributed by atoms with E-state index in [0.29, 0.717) is 34.9 Å². The molecule has 2 aliphatic heterocycles. The molecule has 0 aliphatic carbocycles. The van der Waals surface area contributed by atoms with Gasteiger partial charge in [-0.05, 0) is 69.1 Å². The first-order chi connectivity index (χ1) is 14.7. The summed E-state index contributed by atoms with van der Waals surface area (Å²) in [6.45, 7) is 4.46. The Hall–Kier alpha value is -2.81. The van der Waals surface area contributed by atoms with E-state index >= 15 is 0 Å². The van der Waals surface area contributed by atoms with Gasteiger partial charge in [-0.15, -0.1) is 0 Å². The number of phenolic OH excluding ortho intramolecular Hbond substituents is 1. The largest absolute Gasteiger partial charge is 0.507 e. The molecule has 9 heteroatoms. The highest BCUT2D eigenvalue weighted by Gasteiger charge is 2.39. The lowest BCUT2D eigenvalue weighted by Gasteiger charge is -2.35. The summed E-state index contributed by atoms with van der Waals surface area (Å²) in [6, 6.07) is 5.95. The Balaban J connectivity index is 1.50. The number of piperidine rings is 1. The molecular weight excluding hydrogens is 409 g/mol. The molecule has 5 rings (SSSR count). The van der Waals surface area contributed by atoms with Gasteiger partial charge in [0.25, 0.3) is 6.01 Å². The van der Waals surface area contributed by atoms with Gasteiger partial charge in [0.1, 0.15) is 5.75 Å². The summed E-state index contributed by atoms with van der Waals surface area (Å²) in [4.78, 5) is 13.6. The number of likely N-dealkylation sites (N-methyl/N-ethyl adjacent to an activating group) is 1. The molecule has 3 aromatic rings. The smallest absolute Gasteiger partial charge is 0.416 e. The molecule has 6 nitrogen and oxygen atoms in total. The second-order valence-electron chi connectivity index (χ2n) is 8.56. The number of rotatable bonds is 2. The zero-order chi connectivity index (χ0) is 21.9. The van der Waals surface area contributed by atoms with Crippen LogP contribution in [0.1, 0.15) is 24.0 Å².